The summed E-state index contributed by atoms with van der Waals surface area (Å²) in [7, 11) is -4.12. The van der Waals surface area contributed by atoms with Gasteiger partial charge in [-0.05, 0) is 56.9 Å². The van der Waals surface area contributed by atoms with E-state index in [1.807, 2.05) is 18.7 Å². The lowest BCUT2D eigenvalue weighted by atomic mass is 9.97. The maximum Gasteiger partial charge on any atom is 0.416 e. The molecule has 2 atom stereocenters. The highest BCUT2D eigenvalue weighted by Crippen LogP contribution is 2.39. The Kier molecular flexibility index (Phi) is 6.82. The van der Waals surface area contributed by atoms with Crippen LogP contribution in [0.1, 0.15) is 49.5 Å². The number of aromatic nitrogens is 1. The van der Waals surface area contributed by atoms with Crippen molar-refractivity contribution in [2.24, 2.45) is 11.7 Å². The smallest absolute Gasteiger partial charge is 0.351 e. The van der Waals surface area contributed by atoms with Crippen LogP contribution in [-0.2, 0) is 16.4 Å². The van der Waals surface area contributed by atoms with Crippen molar-refractivity contribution in [3.8, 4) is 11.3 Å². The van der Waals surface area contributed by atoms with E-state index in [1.54, 1.807) is 0 Å². The minimum absolute atomic E-state index is 0.0278. The summed E-state index contributed by atoms with van der Waals surface area (Å²) in [4.78, 5) is 19.8. The van der Waals surface area contributed by atoms with Crippen LogP contribution < -0.4 is 15.4 Å². The van der Waals surface area contributed by atoms with Crippen LogP contribution in [0.2, 0.25) is 0 Å². The molecular weight excluding hydrogens is 495 g/mol. The number of nitrogens with one attached hydrogen (secondary N) is 1. The quantitative estimate of drug-likeness (QED) is 0.620. The molecule has 2 aromatic rings. The summed E-state index contributed by atoms with van der Waals surface area (Å²) in [6, 6.07) is 7.34. The molecule has 36 heavy (non-hydrogen) atoms. The number of hydrogen-bond donors (Lipinski definition) is 2. The van der Waals surface area contributed by atoms with Crippen molar-refractivity contribution in [3.63, 3.8) is 0 Å². The molecule has 0 radical (unpaired) electrons. The number of pyridine rings is 1. The lowest BCUT2D eigenvalue weighted by Gasteiger charge is -2.34. The first-order valence-corrected chi connectivity index (χ1v) is 13.2. The van der Waals surface area contributed by atoms with E-state index >= 15 is 0 Å². The Labute approximate surface area is 208 Å². The molecule has 0 aliphatic carbocycles. The van der Waals surface area contributed by atoms with E-state index in [9.17, 15) is 26.4 Å². The van der Waals surface area contributed by atoms with Crippen molar-refractivity contribution in [1.29, 1.82) is 0 Å². The fraction of sp³-hybridized carbons (Fsp3) is 0.500. The first-order valence-electron chi connectivity index (χ1n) is 11.7. The van der Waals surface area contributed by atoms with Gasteiger partial charge in [0.2, 0.25) is 0 Å². The van der Waals surface area contributed by atoms with Crippen molar-refractivity contribution in [2.75, 3.05) is 24.5 Å². The molecule has 2 aliphatic rings. The maximum absolute atomic E-state index is 13.3. The number of alkyl halides is 3. The predicted octanol–water partition coefficient (Wildman–Crippen LogP) is 3.40. The van der Waals surface area contributed by atoms with E-state index in [0.717, 1.165) is 22.9 Å². The summed E-state index contributed by atoms with van der Waals surface area (Å²) in [6.07, 6.45) is -3.22. The highest BCUT2D eigenvalue weighted by Gasteiger charge is 2.40. The molecule has 1 aromatic heterocycles. The van der Waals surface area contributed by atoms with E-state index in [0.29, 0.717) is 13.0 Å². The lowest BCUT2D eigenvalue weighted by molar-refractivity contribution is -0.137. The first-order chi connectivity index (χ1) is 16.7. The van der Waals surface area contributed by atoms with Gasteiger partial charge in [-0.15, -0.1) is 0 Å². The summed E-state index contributed by atoms with van der Waals surface area (Å²) < 4.78 is 68.7. The summed E-state index contributed by atoms with van der Waals surface area (Å²) >= 11 is 0. The maximum atomic E-state index is 13.3. The topological polar surface area (TPSA) is 109 Å². The van der Waals surface area contributed by atoms with E-state index < -0.39 is 33.4 Å². The Morgan fingerprint density at radius 3 is 2.50 bits per heavy atom. The van der Waals surface area contributed by atoms with Crippen LogP contribution in [0, 0.1) is 5.92 Å². The van der Waals surface area contributed by atoms with Gasteiger partial charge in [-0.25, -0.2) is 9.71 Å². The Morgan fingerprint density at radius 2 is 1.92 bits per heavy atom. The van der Waals surface area contributed by atoms with Crippen molar-refractivity contribution < 1.29 is 26.4 Å². The molecule has 196 valence electrons. The molecule has 1 aromatic carbocycles. The Hall–Kier alpha value is -2.70. The van der Waals surface area contributed by atoms with Gasteiger partial charge in [-0.3, -0.25) is 4.79 Å². The highest BCUT2D eigenvalue weighted by atomic mass is 32.2. The zero-order valence-corrected chi connectivity index (χ0v) is 21.2. The van der Waals surface area contributed by atoms with Gasteiger partial charge in [0.25, 0.3) is 5.91 Å². The molecule has 2 saturated heterocycles. The summed E-state index contributed by atoms with van der Waals surface area (Å²) in [5.74, 6) is -0.362. The minimum Gasteiger partial charge on any atom is -0.351 e. The van der Waals surface area contributed by atoms with Crippen molar-refractivity contribution >= 4 is 21.9 Å². The molecule has 12 heteroatoms. The van der Waals surface area contributed by atoms with Gasteiger partial charge in [-0.2, -0.15) is 25.9 Å². The summed E-state index contributed by atoms with van der Waals surface area (Å²) in [5, 5.41) is 0. The van der Waals surface area contributed by atoms with Gasteiger partial charge < -0.3 is 10.6 Å². The normalized spacial score (nSPS) is 22.7. The Balaban J connectivity index is 1.75. The fourth-order valence-corrected chi connectivity index (χ4v) is 6.22. The number of nitrogens with two attached hydrogens (primary N) is 1. The second kappa shape index (κ2) is 9.31. The van der Waals surface area contributed by atoms with Crippen molar-refractivity contribution in [1.82, 2.24) is 14.0 Å². The molecule has 4 rings (SSSR count). The standard InChI is InChI=1S/C24H30F3N5O3S/c1-15-12-23(2,3)32(13-15)21-19(22(33)30-36(34,35)31-10-9-18(28)14-31)7-8-20(29-21)16-5-4-6-17(11-16)24(25,26)27/h4-8,11,15,18H,9-10,12-14,28H2,1-3H3,(H,30,33)/t15-,18-/m0/s1. The molecule has 1 amide bonds. The van der Waals surface area contributed by atoms with E-state index in [1.165, 1.54) is 24.3 Å². The van der Waals surface area contributed by atoms with Crippen LogP contribution in [0.5, 0.6) is 0 Å². The first kappa shape index (κ1) is 26.4. The number of nitrogens with zero attached hydrogens (tertiary/aromatic N) is 3. The zero-order valence-electron chi connectivity index (χ0n) is 20.3. The number of hydrogen-bond acceptors (Lipinski definition) is 6. The molecule has 0 saturated carbocycles. The third-order valence-electron chi connectivity index (χ3n) is 6.68. The van der Waals surface area contributed by atoms with Crippen LogP contribution in [0.4, 0.5) is 19.0 Å². The second-order valence-electron chi connectivity index (χ2n) is 10.2. The number of rotatable bonds is 5. The minimum atomic E-state index is -4.52. The van der Waals surface area contributed by atoms with Crippen LogP contribution >= 0.6 is 0 Å². The molecule has 3 N–H and O–H groups in total. The molecule has 2 aliphatic heterocycles. The number of halogens is 3. The zero-order chi connectivity index (χ0) is 26.5. The second-order valence-corrected chi connectivity index (χ2v) is 11.9. The lowest BCUT2D eigenvalue weighted by Crippen LogP contribution is -2.44. The fourth-order valence-electron chi connectivity index (χ4n) is 5.02. The summed E-state index contributed by atoms with van der Waals surface area (Å²) in [5.41, 5.74) is 5.11. The molecule has 0 spiro atoms. The largest absolute Gasteiger partial charge is 0.416 e. The van der Waals surface area contributed by atoms with Crippen molar-refractivity contribution in [3.05, 3.63) is 47.5 Å². The summed E-state index contributed by atoms with van der Waals surface area (Å²) in [6.45, 7) is 6.90. The Bertz CT molecular complexity index is 1270. The molecular formula is C24H30F3N5O3S. The van der Waals surface area contributed by atoms with Gasteiger partial charge in [0, 0.05) is 36.8 Å². The predicted molar refractivity (Wildman–Crippen MR) is 130 cm³/mol. The molecule has 2 fully saturated rings. The molecule has 8 nitrogen and oxygen atoms in total. The number of benzene rings is 1. The van der Waals surface area contributed by atoms with E-state index in [4.69, 9.17) is 5.73 Å². The van der Waals surface area contributed by atoms with Crippen LogP contribution in [0.15, 0.2) is 36.4 Å². The van der Waals surface area contributed by atoms with Gasteiger partial charge in [0.1, 0.15) is 5.82 Å². The average molecular weight is 526 g/mol. The van der Waals surface area contributed by atoms with Gasteiger partial charge in [0.15, 0.2) is 0 Å². The number of amides is 1. The van der Waals surface area contributed by atoms with Gasteiger partial charge in [0.05, 0.1) is 16.8 Å². The average Bonchev–Trinajstić information content (AvgIpc) is 3.34. The molecule has 0 bridgehead atoms. The number of carbonyl (C=O) groups excluding carboxylic acids is 1. The van der Waals surface area contributed by atoms with Crippen LogP contribution in [0.3, 0.4) is 0 Å². The SMILES string of the molecule is C[C@@H]1CN(c2nc(-c3cccc(C(F)(F)F)c3)ccc2C(=O)NS(=O)(=O)N2CC[C@H](N)C2)C(C)(C)C1. The molecule has 0 unspecified atom stereocenters. The van der Waals surface area contributed by atoms with E-state index in [2.05, 4.69) is 16.6 Å². The van der Waals surface area contributed by atoms with Gasteiger partial charge >= 0.3 is 16.4 Å². The third-order valence-corrected chi connectivity index (χ3v) is 8.14. The number of anilines is 1. The highest BCUT2D eigenvalue weighted by molar-refractivity contribution is 7.87. The third kappa shape index (κ3) is 5.35. The monoisotopic (exact) mass is 525 g/mol. The Morgan fingerprint density at radius 1 is 1.19 bits per heavy atom. The van der Waals surface area contributed by atoms with Crippen molar-refractivity contribution in [2.45, 2.75) is 51.4 Å². The van der Waals surface area contributed by atoms with Crippen LogP contribution in [-0.4, -0.2) is 54.8 Å². The van der Waals surface area contributed by atoms with E-state index in [-0.39, 0.29) is 47.7 Å². The molecule has 3 heterocycles. The van der Waals surface area contributed by atoms with Gasteiger partial charge in [-0.1, -0.05) is 19.1 Å². The van der Waals surface area contributed by atoms with Crippen LogP contribution in [0.25, 0.3) is 11.3 Å². The number of carbonyl (C=O) groups is 1.